The third-order valence-electron chi connectivity index (χ3n) is 2.47. The average Bonchev–Trinajstić information content (AvgIpc) is 2.78. The third kappa shape index (κ3) is 3.42. The van der Waals surface area contributed by atoms with Crippen LogP contribution in [0.2, 0.25) is 10.0 Å². The van der Waals surface area contributed by atoms with Crippen molar-refractivity contribution in [3.8, 4) is 0 Å². The van der Waals surface area contributed by atoms with Gasteiger partial charge in [0.2, 0.25) is 0 Å². The quantitative estimate of drug-likeness (QED) is 0.906. The van der Waals surface area contributed by atoms with Gasteiger partial charge in [-0.2, -0.15) is 0 Å². The second-order valence-corrected chi connectivity index (χ2v) is 5.52. The van der Waals surface area contributed by atoms with Crippen LogP contribution in [0.15, 0.2) is 29.8 Å². The Morgan fingerprint density at radius 1 is 1.41 bits per heavy atom. The number of aromatic nitrogens is 1. The average molecular weight is 287 g/mol. The topological polar surface area (TPSA) is 24.9 Å². The van der Waals surface area contributed by atoms with Gasteiger partial charge in [0, 0.05) is 34.2 Å². The molecule has 2 aromatic rings. The van der Waals surface area contributed by atoms with Crippen LogP contribution in [0.3, 0.4) is 0 Å². The number of nitrogens with zero attached hydrogens (tertiary/aromatic N) is 1. The zero-order chi connectivity index (χ0) is 12.3. The van der Waals surface area contributed by atoms with Crippen molar-refractivity contribution in [2.75, 3.05) is 0 Å². The van der Waals surface area contributed by atoms with Crippen molar-refractivity contribution >= 4 is 34.5 Å². The smallest absolute Gasteiger partial charge is 0.106 e. The minimum Gasteiger partial charge on any atom is -0.304 e. The molecule has 0 bridgehead atoms. The Kier molecular flexibility index (Phi) is 4.40. The van der Waals surface area contributed by atoms with Crippen LogP contribution in [0.4, 0.5) is 0 Å². The van der Waals surface area contributed by atoms with E-state index in [0.29, 0.717) is 10.0 Å². The molecule has 0 amide bonds. The van der Waals surface area contributed by atoms with E-state index < -0.39 is 0 Å². The Hall–Kier alpha value is -0.610. The maximum Gasteiger partial charge on any atom is 0.106 e. The van der Waals surface area contributed by atoms with Crippen LogP contribution in [0.1, 0.15) is 23.5 Å². The minimum atomic E-state index is 0.170. The molecule has 1 aromatic heterocycles. The van der Waals surface area contributed by atoms with Gasteiger partial charge >= 0.3 is 0 Å². The zero-order valence-electron chi connectivity index (χ0n) is 9.28. The molecule has 1 heterocycles. The fourth-order valence-corrected chi connectivity index (χ4v) is 2.68. The van der Waals surface area contributed by atoms with E-state index in [0.717, 1.165) is 17.1 Å². The van der Waals surface area contributed by atoms with E-state index in [2.05, 4.69) is 17.2 Å². The van der Waals surface area contributed by atoms with Gasteiger partial charge in [-0.25, -0.2) is 4.98 Å². The summed E-state index contributed by atoms with van der Waals surface area (Å²) < 4.78 is 0. The summed E-state index contributed by atoms with van der Waals surface area (Å²) in [5.74, 6) is 0. The van der Waals surface area contributed by atoms with Crippen LogP contribution in [0, 0.1) is 0 Å². The summed E-state index contributed by atoms with van der Waals surface area (Å²) in [6.45, 7) is 2.82. The van der Waals surface area contributed by atoms with Crippen molar-refractivity contribution in [2.45, 2.75) is 19.5 Å². The van der Waals surface area contributed by atoms with Crippen LogP contribution in [-0.2, 0) is 6.54 Å². The maximum atomic E-state index is 6.15. The standard InChI is InChI=1S/C12H12Cl2N2S/c1-8(16-7-12-15-4-5-17-12)10-3-2-9(13)6-11(10)14/h2-6,8,16H,7H2,1H3. The number of thiazole rings is 1. The molecule has 0 fully saturated rings. The molecule has 1 aromatic carbocycles. The van der Waals surface area contributed by atoms with Gasteiger partial charge in [0.05, 0.1) is 0 Å². The lowest BCUT2D eigenvalue weighted by Crippen LogP contribution is -2.18. The molecule has 0 aliphatic rings. The molecule has 1 atom stereocenters. The van der Waals surface area contributed by atoms with Gasteiger partial charge in [0.15, 0.2) is 0 Å². The van der Waals surface area contributed by atoms with Gasteiger partial charge in [-0.15, -0.1) is 11.3 Å². The van der Waals surface area contributed by atoms with Crippen LogP contribution >= 0.6 is 34.5 Å². The van der Waals surface area contributed by atoms with Crippen LogP contribution in [-0.4, -0.2) is 4.98 Å². The van der Waals surface area contributed by atoms with Crippen LogP contribution in [0.5, 0.6) is 0 Å². The van der Waals surface area contributed by atoms with Gasteiger partial charge in [-0.05, 0) is 24.6 Å². The number of hydrogen-bond donors (Lipinski definition) is 1. The lowest BCUT2D eigenvalue weighted by atomic mass is 10.1. The van der Waals surface area contributed by atoms with Gasteiger partial charge in [-0.3, -0.25) is 0 Å². The number of nitrogens with one attached hydrogen (secondary N) is 1. The second kappa shape index (κ2) is 5.83. The SMILES string of the molecule is CC(NCc1nccs1)c1ccc(Cl)cc1Cl. The molecule has 1 unspecified atom stereocenters. The molecule has 1 N–H and O–H groups in total. The summed E-state index contributed by atoms with van der Waals surface area (Å²) in [6.07, 6.45) is 1.81. The van der Waals surface area contributed by atoms with E-state index >= 15 is 0 Å². The summed E-state index contributed by atoms with van der Waals surface area (Å²) >= 11 is 13.7. The van der Waals surface area contributed by atoms with E-state index in [1.54, 1.807) is 17.4 Å². The van der Waals surface area contributed by atoms with E-state index in [-0.39, 0.29) is 6.04 Å². The molecule has 0 aliphatic heterocycles. The molecule has 0 saturated carbocycles. The molecule has 90 valence electrons. The van der Waals surface area contributed by atoms with Crippen molar-refractivity contribution in [1.82, 2.24) is 10.3 Å². The highest BCUT2D eigenvalue weighted by Gasteiger charge is 2.09. The van der Waals surface area contributed by atoms with Crippen molar-refractivity contribution in [3.63, 3.8) is 0 Å². The lowest BCUT2D eigenvalue weighted by Gasteiger charge is -2.15. The Labute approximate surface area is 115 Å². The Balaban J connectivity index is 2.01. The van der Waals surface area contributed by atoms with Crippen LogP contribution in [0.25, 0.3) is 0 Å². The number of rotatable bonds is 4. The first kappa shape index (κ1) is 12.8. The summed E-state index contributed by atoms with van der Waals surface area (Å²) in [5, 5.41) is 7.77. The van der Waals surface area contributed by atoms with E-state index in [1.807, 2.05) is 23.7 Å². The predicted octanol–water partition coefficient (Wildman–Crippen LogP) is 4.30. The second-order valence-electron chi connectivity index (χ2n) is 3.69. The van der Waals surface area contributed by atoms with Gasteiger partial charge in [0.25, 0.3) is 0 Å². The van der Waals surface area contributed by atoms with Crippen molar-refractivity contribution < 1.29 is 0 Å². The number of hydrogen-bond acceptors (Lipinski definition) is 3. The largest absolute Gasteiger partial charge is 0.304 e. The van der Waals surface area contributed by atoms with Gasteiger partial charge in [0.1, 0.15) is 5.01 Å². The highest BCUT2D eigenvalue weighted by molar-refractivity contribution is 7.09. The minimum absolute atomic E-state index is 0.170. The molecule has 2 rings (SSSR count). The number of benzene rings is 1. The summed E-state index contributed by atoms with van der Waals surface area (Å²) in [4.78, 5) is 4.22. The molecule has 0 spiro atoms. The predicted molar refractivity (Wildman–Crippen MR) is 73.8 cm³/mol. The Morgan fingerprint density at radius 3 is 2.88 bits per heavy atom. The molecule has 0 radical (unpaired) electrons. The normalized spacial score (nSPS) is 12.6. The first-order chi connectivity index (χ1) is 8.16. The first-order valence-electron chi connectivity index (χ1n) is 5.23. The molecular formula is C12H12Cl2N2S. The van der Waals surface area contributed by atoms with Gasteiger partial charge in [-0.1, -0.05) is 29.3 Å². The fourth-order valence-electron chi connectivity index (χ4n) is 1.54. The molecule has 5 heteroatoms. The van der Waals surface area contributed by atoms with Gasteiger partial charge < -0.3 is 5.32 Å². The van der Waals surface area contributed by atoms with Crippen molar-refractivity contribution in [1.29, 1.82) is 0 Å². The molecular weight excluding hydrogens is 275 g/mol. The van der Waals surface area contributed by atoms with Crippen molar-refractivity contribution in [3.05, 3.63) is 50.4 Å². The Morgan fingerprint density at radius 2 is 2.24 bits per heavy atom. The lowest BCUT2D eigenvalue weighted by molar-refractivity contribution is 0.573. The summed E-state index contributed by atoms with van der Waals surface area (Å²) in [6, 6.07) is 5.73. The van der Waals surface area contributed by atoms with E-state index in [1.165, 1.54) is 0 Å². The molecule has 2 nitrogen and oxygen atoms in total. The Bertz CT molecular complexity index is 485. The fraction of sp³-hybridized carbons (Fsp3) is 0.250. The highest BCUT2D eigenvalue weighted by atomic mass is 35.5. The first-order valence-corrected chi connectivity index (χ1v) is 6.87. The molecule has 17 heavy (non-hydrogen) atoms. The maximum absolute atomic E-state index is 6.15. The zero-order valence-corrected chi connectivity index (χ0v) is 11.6. The molecule has 0 saturated heterocycles. The highest BCUT2D eigenvalue weighted by Crippen LogP contribution is 2.26. The van der Waals surface area contributed by atoms with E-state index in [9.17, 15) is 0 Å². The third-order valence-corrected chi connectivity index (χ3v) is 3.81. The van der Waals surface area contributed by atoms with Crippen LogP contribution < -0.4 is 5.32 Å². The van der Waals surface area contributed by atoms with E-state index in [4.69, 9.17) is 23.2 Å². The summed E-state index contributed by atoms with van der Waals surface area (Å²) in [5.41, 5.74) is 1.05. The molecule has 0 aliphatic carbocycles. The van der Waals surface area contributed by atoms with Crippen molar-refractivity contribution in [2.24, 2.45) is 0 Å². The summed E-state index contributed by atoms with van der Waals surface area (Å²) in [7, 11) is 0. The number of halogens is 2. The monoisotopic (exact) mass is 286 g/mol.